The molecule has 2 aliphatic heterocycles. The van der Waals surface area contributed by atoms with Crippen LogP contribution in [0, 0.1) is 5.82 Å². The molecule has 1 unspecified atom stereocenters. The molecule has 144 valence electrons. The zero-order chi connectivity index (χ0) is 19.9. The van der Waals surface area contributed by atoms with Crippen LogP contribution in [0.3, 0.4) is 0 Å². The first-order valence-corrected chi connectivity index (χ1v) is 9.29. The Morgan fingerprint density at radius 2 is 1.64 bits per heavy atom. The summed E-state index contributed by atoms with van der Waals surface area (Å²) < 4.78 is 13.2. The number of carbonyl (C=O) groups is 3. The van der Waals surface area contributed by atoms with Crippen molar-refractivity contribution in [2.75, 3.05) is 11.4 Å². The molecule has 2 heterocycles. The Hall–Kier alpha value is -3.22. The van der Waals surface area contributed by atoms with Crippen LogP contribution in [0.4, 0.5) is 14.9 Å². The number of fused-ring (bicyclic) bond motifs is 2. The van der Waals surface area contributed by atoms with Crippen molar-refractivity contribution < 1.29 is 18.8 Å². The van der Waals surface area contributed by atoms with Gasteiger partial charge in [0.25, 0.3) is 11.8 Å². The first kappa shape index (κ1) is 18.2. The second-order valence-corrected chi connectivity index (χ2v) is 7.03. The number of imide groups is 1. The molecular weight excluding hydrogens is 361 g/mol. The lowest BCUT2D eigenvalue weighted by Crippen LogP contribution is -2.52. The monoisotopic (exact) mass is 381 g/mol. The summed E-state index contributed by atoms with van der Waals surface area (Å²) in [7, 11) is 0. The second kappa shape index (κ2) is 6.74. The van der Waals surface area contributed by atoms with E-state index in [4.69, 9.17) is 0 Å². The Bertz CT molecular complexity index is 960. The number of hydrogen-bond donors (Lipinski definition) is 1. The van der Waals surface area contributed by atoms with Crippen molar-refractivity contribution >= 4 is 23.5 Å². The third-order valence-corrected chi connectivity index (χ3v) is 5.26. The van der Waals surface area contributed by atoms with E-state index in [1.54, 1.807) is 36.4 Å². The summed E-state index contributed by atoms with van der Waals surface area (Å²) in [5, 5.41) is 2.66. The van der Waals surface area contributed by atoms with Crippen LogP contribution in [-0.4, -0.2) is 29.3 Å². The van der Waals surface area contributed by atoms with E-state index in [0.29, 0.717) is 17.7 Å². The van der Waals surface area contributed by atoms with Crippen molar-refractivity contribution in [3.63, 3.8) is 0 Å². The van der Waals surface area contributed by atoms with Crippen LogP contribution in [0.25, 0.3) is 0 Å². The highest BCUT2D eigenvalue weighted by atomic mass is 19.1. The number of nitrogens with zero attached hydrogens (tertiary/aromatic N) is 2. The minimum atomic E-state index is -1.72. The van der Waals surface area contributed by atoms with E-state index in [1.807, 2.05) is 6.92 Å². The molecule has 2 aromatic rings. The molecule has 7 heteroatoms. The van der Waals surface area contributed by atoms with Gasteiger partial charge in [-0.15, -0.1) is 0 Å². The lowest BCUT2D eigenvalue weighted by atomic mass is 9.91. The summed E-state index contributed by atoms with van der Waals surface area (Å²) in [5.74, 6) is -1.39. The van der Waals surface area contributed by atoms with Gasteiger partial charge < -0.3 is 10.2 Å². The van der Waals surface area contributed by atoms with Gasteiger partial charge in [-0.2, -0.15) is 0 Å². The molecule has 28 heavy (non-hydrogen) atoms. The van der Waals surface area contributed by atoms with Crippen molar-refractivity contribution in [3.05, 3.63) is 65.5 Å². The second-order valence-electron chi connectivity index (χ2n) is 7.03. The van der Waals surface area contributed by atoms with Crippen LogP contribution in [0.5, 0.6) is 0 Å². The predicted molar refractivity (Wildman–Crippen MR) is 101 cm³/mol. The van der Waals surface area contributed by atoms with Crippen molar-refractivity contribution in [2.24, 2.45) is 0 Å². The molecule has 4 amide bonds. The van der Waals surface area contributed by atoms with Gasteiger partial charge in [0.2, 0.25) is 5.54 Å². The highest BCUT2D eigenvalue weighted by Crippen LogP contribution is 2.44. The van der Waals surface area contributed by atoms with Gasteiger partial charge in [0.15, 0.2) is 0 Å². The largest absolute Gasteiger partial charge is 0.325 e. The molecule has 0 radical (unpaired) electrons. The third-order valence-electron chi connectivity index (χ3n) is 5.26. The van der Waals surface area contributed by atoms with Gasteiger partial charge >= 0.3 is 6.03 Å². The minimum Gasteiger partial charge on any atom is -0.311 e. The maximum atomic E-state index is 13.4. The molecule has 0 saturated carbocycles. The van der Waals surface area contributed by atoms with Gasteiger partial charge in [-0.3, -0.25) is 14.5 Å². The SMILES string of the molecule is CCCCN1C(=O)NC2(C1=O)C(=O)N(Cc1ccc(F)cc1)c1ccccc12. The molecule has 2 aromatic carbocycles. The van der Waals surface area contributed by atoms with Crippen molar-refractivity contribution in [1.29, 1.82) is 0 Å². The van der Waals surface area contributed by atoms with E-state index in [0.717, 1.165) is 16.9 Å². The summed E-state index contributed by atoms with van der Waals surface area (Å²) in [4.78, 5) is 41.7. The number of unbranched alkanes of at least 4 members (excludes halogenated alkanes) is 1. The summed E-state index contributed by atoms with van der Waals surface area (Å²) in [6.07, 6.45) is 1.50. The summed E-state index contributed by atoms with van der Waals surface area (Å²) in [6.45, 7) is 2.42. The lowest BCUT2D eigenvalue weighted by molar-refractivity contribution is -0.138. The number of rotatable bonds is 5. The molecule has 4 rings (SSSR count). The Kier molecular flexibility index (Phi) is 4.37. The Labute approximate surface area is 161 Å². The van der Waals surface area contributed by atoms with E-state index in [2.05, 4.69) is 5.32 Å². The number of carbonyl (C=O) groups excluding carboxylic acids is 3. The van der Waals surface area contributed by atoms with Crippen LogP contribution in [-0.2, 0) is 21.7 Å². The van der Waals surface area contributed by atoms with Gasteiger partial charge in [-0.1, -0.05) is 43.7 Å². The first-order chi connectivity index (χ1) is 13.5. The Balaban J connectivity index is 1.74. The molecular formula is C21H20FN3O3. The Morgan fingerprint density at radius 1 is 0.964 bits per heavy atom. The van der Waals surface area contributed by atoms with Gasteiger partial charge in [-0.05, 0) is 30.2 Å². The fourth-order valence-electron chi connectivity index (χ4n) is 3.81. The van der Waals surface area contributed by atoms with E-state index >= 15 is 0 Å². The third kappa shape index (κ3) is 2.58. The van der Waals surface area contributed by atoms with Gasteiger partial charge in [0, 0.05) is 12.1 Å². The highest BCUT2D eigenvalue weighted by Gasteiger charge is 2.63. The van der Waals surface area contributed by atoms with E-state index in [1.165, 1.54) is 17.0 Å². The number of hydrogen-bond acceptors (Lipinski definition) is 3. The van der Waals surface area contributed by atoms with Crippen LogP contribution < -0.4 is 10.2 Å². The molecule has 0 aliphatic carbocycles. The number of halogens is 1. The van der Waals surface area contributed by atoms with Gasteiger partial charge in [0.05, 0.1) is 12.2 Å². The van der Waals surface area contributed by atoms with Crippen molar-refractivity contribution in [2.45, 2.75) is 31.8 Å². The normalized spacial score (nSPS) is 20.9. The maximum Gasteiger partial charge on any atom is 0.325 e. The van der Waals surface area contributed by atoms with Crippen LogP contribution in [0.2, 0.25) is 0 Å². The van der Waals surface area contributed by atoms with Crippen LogP contribution >= 0.6 is 0 Å². The molecule has 0 bridgehead atoms. The zero-order valence-corrected chi connectivity index (χ0v) is 15.4. The minimum absolute atomic E-state index is 0.177. The smallest absolute Gasteiger partial charge is 0.311 e. The number of para-hydroxylation sites is 1. The topological polar surface area (TPSA) is 69.7 Å². The number of benzene rings is 2. The number of urea groups is 1. The highest BCUT2D eigenvalue weighted by molar-refractivity contribution is 6.27. The van der Waals surface area contributed by atoms with E-state index < -0.39 is 23.4 Å². The summed E-state index contributed by atoms with van der Waals surface area (Å²) >= 11 is 0. The molecule has 1 saturated heterocycles. The quantitative estimate of drug-likeness (QED) is 0.640. The average molecular weight is 381 g/mol. The molecule has 6 nitrogen and oxygen atoms in total. The van der Waals surface area contributed by atoms with E-state index in [-0.39, 0.29) is 18.9 Å². The van der Waals surface area contributed by atoms with Crippen LogP contribution in [0.15, 0.2) is 48.5 Å². The summed E-state index contributed by atoms with van der Waals surface area (Å²) in [5.41, 5.74) is 0.0463. The number of nitrogens with one attached hydrogen (secondary N) is 1. The van der Waals surface area contributed by atoms with Crippen molar-refractivity contribution in [3.8, 4) is 0 Å². The fourth-order valence-corrected chi connectivity index (χ4v) is 3.81. The standard InChI is InChI=1S/C21H20FN3O3/c1-2-3-12-24-18(26)21(23-20(24)28)16-6-4-5-7-17(16)25(19(21)27)13-14-8-10-15(22)11-9-14/h4-11H,2-3,12-13H2,1H3,(H,23,28). The lowest BCUT2D eigenvalue weighted by Gasteiger charge is -2.22. The number of amides is 4. The zero-order valence-electron chi connectivity index (χ0n) is 15.4. The van der Waals surface area contributed by atoms with Gasteiger partial charge in [-0.25, -0.2) is 9.18 Å². The Morgan fingerprint density at radius 3 is 2.36 bits per heavy atom. The molecule has 2 aliphatic rings. The fraction of sp³-hybridized carbons (Fsp3) is 0.286. The average Bonchev–Trinajstić information content (AvgIpc) is 3.09. The van der Waals surface area contributed by atoms with Crippen LogP contribution in [0.1, 0.15) is 30.9 Å². The number of anilines is 1. The van der Waals surface area contributed by atoms with E-state index in [9.17, 15) is 18.8 Å². The summed E-state index contributed by atoms with van der Waals surface area (Å²) in [6, 6.07) is 12.3. The molecule has 1 spiro atoms. The predicted octanol–water partition coefficient (Wildman–Crippen LogP) is 2.92. The molecule has 0 aromatic heterocycles. The molecule has 1 atom stereocenters. The molecule has 1 N–H and O–H groups in total. The maximum absolute atomic E-state index is 13.4. The molecule has 1 fully saturated rings. The van der Waals surface area contributed by atoms with Crippen molar-refractivity contribution in [1.82, 2.24) is 10.2 Å². The first-order valence-electron chi connectivity index (χ1n) is 9.29. The van der Waals surface area contributed by atoms with Gasteiger partial charge in [0.1, 0.15) is 5.82 Å².